The van der Waals surface area contributed by atoms with Crippen molar-refractivity contribution < 1.29 is 14.2 Å². The zero-order valence-corrected chi connectivity index (χ0v) is 22.7. The van der Waals surface area contributed by atoms with Gasteiger partial charge in [0.25, 0.3) is 0 Å². The average Bonchev–Trinajstić information content (AvgIpc) is 3.38. The van der Waals surface area contributed by atoms with Crippen molar-refractivity contribution >= 4 is 34.6 Å². The van der Waals surface area contributed by atoms with Crippen molar-refractivity contribution in [2.75, 3.05) is 61.6 Å². The molecule has 0 atom stereocenters. The highest BCUT2D eigenvalue weighted by Gasteiger charge is 2.23. The molecule has 0 bridgehead atoms. The molecule has 5 N–H and O–H groups in total. The third kappa shape index (κ3) is 6.40. The predicted molar refractivity (Wildman–Crippen MR) is 149 cm³/mol. The van der Waals surface area contributed by atoms with E-state index in [0.717, 1.165) is 31.9 Å². The number of nitrogens with one attached hydrogen (secondary N) is 2. The number of likely N-dealkylation sites (tertiary alicyclic amines) is 1. The van der Waals surface area contributed by atoms with Crippen LogP contribution in [0.3, 0.4) is 0 Å². The van der Waals surface area contributed by atoms with Gasteiger partial charge in [0.15, 0.2) is 0 Å². The number of rotatable bonds is 10. The molecule has 1 saturated heterocycles. The molecule has 1 aromatic heterocycles. The largest absolute Gasteiger partial charge is 0.494 e. The molecule has 10 nitrogen and oxygen atoms in total. The van der Waals surface area contributed by atoms with E-state index in [1.165, 1.54) is 25.2 Å². The molecule has 0 radical (unpaired) electrons. The summed E-state index contributed by atoms with van der Waals surface area (Å²) in [4.78, 5) is 17.4. The highest BCUT2D eigenvalue weighted by Crippen LogP contribution is 2.36. The number of anilines is 6. The van der Waals surface area contributed by atoms with Crippen LogP contribution in [0.1, 0.15) is 37.8 Å². The van der Waals surface area contributed by atoms with Crippen molar-refractivity contribution in [3.63, 3.8) is 0 Å². The molecular weight excluding hydrogens is 487 g/mol. The van der Waals surface area contributed by atoms with Crippen molar-refractivity contribution in [3.05, 3.63) is 47.5 Å². The van der Waals surface area contributed by atoms with Crippen LogP contribution >= 0.6 is 0 Å². The number of nitrogen functional groups attached to an aromatic ring is 1. The van der Waals surface area contributed by atoms with Gasteiger partial charge in [0.05, 0.1) is 29.8 Å². The van der Waals surface area contributed by atoms with Gasteiger partial charge in [-0.1, -0.05) is 0 Å². The van der Waals surface area contributed by atoms with Crippen LogP contribution in [0.2, 0.25) is 0 Å². The summed E-state index contributed by atoms with van der Waals surface area (Å²) >= 11 is 0. The average molecular weight is 525 g/mol. The number of ether oxygens (including phenoxy) is 1. The Morgan fingerprint density at radius 3 is 2.39 bits per heavy atom. The molecule has 2 heterocycles. The lowest BCUT2D eigenvalue weighted by molar-refractivity contribution is 0.0790. The second kappa shape index (κ2) is 11.4. The van der Waals surface area contributed by atoms with E-state index in [1.54, 1.807) is 40.0 Å². The normalized spacial score (nSPS) is 14.0. The minimum atomic E-state index is -1.28. The molecule has 0 saturated carbocycles. The summed E-state index contributed by atoms with van der Waals surface area (Å²) in [7, 11) is 3.62. The third-order valence-corrected chi connectivity index (χ3v) is 6.73. The van der Waals surface area contributed by atoms with Gasteiger partial charge in [0, 0.05) is 37.5 Å². The third-order valence-electron chi connectivity index (χ3n) is 6.73. The minimum Gasteiger partial charge on any atom is -0.494 e. The SMILES string of the molecule is COc1cc(N(C)CCN2CCCC2)c(N)cc1Nc1ncnc(Nc2cc(C)c(F)cc2C(C)(C)O)n1. The maximum Gasteiger partial charge on any atom is 0.232 e. The maximum absolute atomic E-state index is 14.2. The molecule has 0 aliphatic carbocycles. The van der Waals surface area contributed by atoms with Crippen molar-refractivity contribution in [2.45, 2.75) is 39.2 Å². The summed E-state index contributed by atoms with van der Waals surface area (Å²) in [6.07, 6.45) is 3.88. The zero-order valence-electron chi connectivity index (χ0n) is 22.7. The predicted octanol–water partition coefficient (Wildman–Crippen LogP) is 4.16. The van der Waals surface area contributed by atoms with Gasteiger partial charge >= 0.3 is 0 Å². The van der Waals surface area contributed by atoms with Crippen LogP contribution in [0.4, 0.5) is 39.0 Å². The summed E-state index contributed by atoms with van der Waals surface area (Å²) in [6, 6.07) is 6.63. The lowest BCUT2D eigenvalue weighted by atomic mass is 9.95. The number of aromatic nitrogens is 3. The summed E-state index contributed by atoms with van der Waals surface area (Å²) < 4.78 is 19.9. The van der Waals surface area contributed by atoms with Gasteiger partial charge in [-0.2, -0.15) is 4.98 Å². The molecule has 1 fully saturated rings. The quantitative estimate of drug-likeness (QED) is 0.287. The van der Waals surface area contributed by atoms with Crippen molar-refractivity contribution in [1.29, 1.82) is 0 Å². The Morgan fingerprint density at radius 2 is 1.76 bits per heavy atom. The molecule has 2 aromatic carbocycles. The zero-order chi connectivity index (χ0) is 27.4. The molecular formula is C27H37FN8O2. The van der Waals surface area contributed by atoms with Crippen LogP contribution in [-0.2, 0) is 5.60 Å². The molecule has 0 amide bonds. The van der Waals surface area contributed by atoms with Crippen LogP contribution in [0.5, 0.6) is 5.75 Å². The first-order valence-corrected chi connectivity index (χ1v) is 12.7. The van der Waals surface area contributed by atoms with E-state index < -0.39 is 11.4 Å². The Kier molecular flexibility index (Phi) is 8.17. The first-order valence-electron chi connectivity index (χ1n) is 12.7. The van der Waals surface area contributed by atoms with Crippen LogP contribution in [-0.4, -0.2) is 65.3 Å². The molecule has 1 aliphatic heterocycles. The van der Waals surface area contributed by atoms with E-state index in [1.807, 2.05) is 13.1 Å². The number of nitrogens with two attached hydrogens (primary N) is 1. The summed E-state index contributed by atoms with van der Waals surface area (Å²) in [5, 5.41) is 16.8. The van der Waals surface area contributed by atoms with Gasteiger partial charge in [-0.15, -0.1) is 0 Å². The first-order chi connectivity index (χ1) is 18.0. The lowest BCUT2D eigenvalue weighted by Gasteiger charge is -2.25. The van der Waals surface area contributed by atoms with E-state index in [2.05, 4.69) is 35.4 Å². The minimum absolute atomic E-state index is 0.226. The highest BCUT2D eigenvalue weighted by molar-refractivity contribution is 5.79. The van der Waals surface area contributed by atoms with Gasteiger partial charge in [-0.25, -0.2) is 14.4 Å². The molecule has 0 spiro atoms. The molecule has 0 unspecified atom stereocenters. The molecule has 1 aliphatic rings. The van der Waals surface area contributed by atoms with E-state index >= 15 is 0 Å². The van der Waals surface area contributed by atoms with E-state index in [9.17, 15) is 9.50 Å². The van der Waals surface area contributed by atoms with Gasteiger partial charge in [-0.3, -0.25) is 0 Å². The number of methoxy groups -OCH3 is 1. The van der Waals surface area contributed by atoms with Crippen LogP contribution < -0.4 is 26.0 Å². The van der Waals surface area contributed by atoms with Gasteiger partial charge < -0.3 is 36.0 Å². The molecule has 38 heavy (non-hydrogen) atoms. The second-order valence-corrected chi connectivity index (χ2v) is 10.2. The lowest BCUT2D eigenvalue weighted by Crippen LogP contribution is -2.31. The molecule has 204 valence electrons. The Bertz CT molecular complexity index is 1270. The Hall–Kier alpha value is -3.70. The standard InChI is InChI=1S/C27H37FN8O2/c1-17-12-21(18(13-19(17)28)27(2,3)37)32-25-30-16-31-26(34-25)33-22-14-20(29)23(15-24(22)38-5)35(4)10-11-36-8-6-7-9-36/h12-16,37H,6-11,29H2,1-5H3,(H2,30,31,32,33,34). The number of likely N-dealkylation sites (N-methyl/N-ethyl adjacent to an activating group) is 1. The maximum atomic E-state index is 14.2. The topological polar surface area (TPSA) is 125 Å². The van der Waals surface area contributed by atoms with Crippen LogP contribution in [0, 0.1) is 12.7 Å². The number of halogens is 1. The van der Waals surface area contributed by atoms with Gasteiger partial charge in [0.1, 0.15) is 17.9 Å². The first kappa shape index (κ1) is 27.3. The highest BCUT2D eigenvalue weighted by atomic mass is 19.1. The number of aliphatic hydroxyl groups is 1. The fourth-order valence-electron chi connectivity index (χ4n) is 4.55. The Balaban J connectivity index is 1.53. The molecule has 11 heteroatoms. The fourth-order valence-corrected chi connectivity index (χ4v) is 4.55. The molecule has 4 rings (SSSR count). The number of hydrogen-bond donors (Lipinski definition) is 4. The smallest absolute Gasteiger partial charge is 0.232 e. The summed E-state index contributed by atoms with van der Waals surface area (Å²) in [5.74, 6) is 0.680. The fraction of sp³-hybridized carbons (Fsp3) is 0.444. The monoisotopic (exact) mass is 524 g/mol. The van der Waals surface area contributed by atoms with Crippen molar-refractivity contribution in [2.24, 2.45) is 0 Å². The van der Waals surface area contributed by atoms with E-state index in [0.29, 0.717) is 33.9 Å². The summed E-state index contributed by atoms with van der Waals surface area (Å²) in [5.41, 5.74) is 8.55. The number of benzene rings is 2. The van der Waals surface area contributed by atoms with Gasteiger partial charge in [-0.05, 0) is 70.5 Å². The van der Waals surface area contributed by atoms with E-state index in [4.69, 9.17) is 10.5 Å². The Labute approximate surface area is 223 Å². The van der Waals surface area contributed by atoms with Crippen LogP contribution in [0.15, 0.2) is 30.6 Å². The Morgan fingerprint density at radius 1 is 1.11 bits per heavy atom. The number of aryl methyl sites for hydroxylation is 1. The van der Waals surface area contributed by atoms with Gasteiger partial charge in [0.2, 0.25) is 11.9 Å². The van der Waals surface area contributed by atoms with E-state index in [-0.39, 0.29) is 11.9 Å². The number of nitrogens with zero attached hydrogens (tertiary/aromatic N) is 5. The number of hydrogen-bond acceptors (Lipinski definition) is 10. The van der Waals surface area contributed by atoms with Crippen molar-refractivity contribution in [1.82, 2.24) is 19.9 Å². The van der Waals surface area contributed by atoms with Crippen LogP contribution in [0.25, 0.3) is 0 Å². The van der Waals surface area contributed by atoms with Crippen molar-refractivity contribution in [3.8, 4) is 5.75 Å². The second-order valence-electron chi connectivity index (χ2n) is 10.2. The summed E-state index contributed by atoms with van der Waals surface area (Å²) in [6.45, 7) is 8.98. The molecule has 3 aromatic rings.